The minimum Gasteiger partial charge on any atom is -0.458 e. The summed E-state index contributed by atoms with van der Waals surface area (Å²) in [6.07, 6.45) is -24.5. The molecule has 33 unspecified atom stereocenters. The number of hydrogen-bond donors (Lipinski definition) is 12. The Morgan fingerprint density at radius 2 is 1.17 bits per heavy atom. The molecule has 0 amide bonds. The van der Waals surface area contributed by atoms with Gasteiger partial charge in [0, 0.05) is 40.2 Å². The average molecular weight is 1290 g/mol. The number of ether oxygens (including phenoxy) is 14. The van der Waals surface area contributed by atoms with Crippen LogP contribution in [-0.4, -0.2) is 278 Å². The summed E-state index contributed by atoms with van der Waals surface area (Å²) in [4.78, 5) is 13.7. The van der Waals surface area contributed by atoms with Gasteiger partial charge in [-0.25, -0.2) is 4.79 Å². The van der Waals surface area contributed by atoms with Gasteiger partial charge in [-0.15, -0.1) is 0 Å². The maximum absolute atomic E-state index is 13.7. The third-order valence-electron chi connectivity index (χ3n) is 22.4. The van der Waals surface area contributed by atoms with Gasteiger partial charge in [-0.05, 0) is 108 Å². The monoisotopic (exact) mass is 1290 g/mol. The smallest absolute Gasteiger partial charge is 0.331 e. The number of carbonyl (C=O) groups excluding carboxylic acids is 1. The summed E-state index contributed by atoms with van der Waals surface area (Å²) < 4.78 is 86.2. The van der Waals surface area contributed by atoms with Gasteiger partial charge in [0.25, 0.3) is 0 Å². The SMILES string of the molecule is COC1CC(OC2CCC3(C)C(CCC4(O)C3CC(OC(=O)C=Cc3ccccc3)C3(C)C(O)(C(C)O)CCC43O)C2)OC(C)C1OC1CC(OC)C(OC2OC(C)C(OC3OC(CO)C(OC4OC(CO)C(O)C(O)C4O)C(O)C3O)C(OC)C2O)C(C)O1. The molecule has 5 saturated heterocycles. The zero-order valence-electron chi connectivity index (χ0n) is 52.7. The Bertz CT molecular complexity index is 2550. The van der Waals surface area contributed by atoms with Crippen LogP contribution in [0.1, 0.15) is 111 Å². The fourth-order valence-corrected chi connectivity index (χ4v) is 17.1. The number of benzene rings is 1. The molecule has 10 rings (SSSR count). The molecule has 512 valence electrons. The van der Waals surface area contributed by atoms with Crippen LogP contribution in [0.4, 0.5) is 0 Å². The summed E-state index contributed by atoms with van der Waals surface area (Å²) in [5, 5.41) is 135. The summed E-state index contributed by atoms with van der Waals surface area (Å²) in [6.45, 7) is 8.97. The highest BCUT2D eigenvalue weighted by atomic mass is 16.8. The van der Waals surface area contributed by atoms with Gasteiger partial charge in [0.15, 0.2) is 31.5 Å². The summed E-state index contributed by atoms with van der Waals surface area (Å²) in [6, 6.07) is 9.28. The van der Waals surface area contributed by atoms with Gasteiger partial charge in [0.05, 0.1) is 67.0 Å². The van der Waals surface area contributed by atoms with Crippen molar-refractivity contribution in [3.8, 4) is 0 Å². The van der Waals surface area contributed by atoms with Crippen LogP contribution in [0.25, 0.3) is 6.08 Å². The minimum absolute atomic E-state index is 0.000454. The molecule has 0 bridgehead atoms. The Morgan fingerprint density at radius 3 is 1.78 bits per heavy atom. The molecule has 4 saturated carbocycles. The van der Waals surface area contributed by atoms with Crippen molar-refractivity contribution in [2.75, 3.05) is 34.5 Å². The molecule has 90 heavy (non-hydrogen) atoms. The van der Waals surface area contributed by atoms with Gasteiger partial charge >= 0.3 is 5.97 Å². The number of aliphatic hydroxyl groups is 12. The number of fused-ring (bicyclic) bond motifs is 5. The first kappa shape index (κ1) is 70.2. The highest BCUT2D eigenvalue weighted by molar-refractivity contribution is 5.87. The van der Waals surface area contributed by atoms with E-state index in [1.807, 2.05) is 37.3 Å². The van der Waals surface area contributed by atoms with Crippen LogP contribution in [0.2, 0.25) is 0 Å². The summed E-state index contributed by atoms with van der Waals surface area (Å²) in [5.41, 5.74) is -6.81. The topological polar surface area (TPSA) is 389 Å². The number of carbonyl (C=O) groups is 1. The van der Waals surface area contributed by atoms with E-state index in [2.05, 4.69) is 6.92 Å². The number of esters is 1. The molecule has 9 aliphatic rings. The van der Waals surface area contributed by atoms with Crippen molar-refractivity contribution in [1.82, 2.24) is 0 Å². The van der Waals surface area contributed by atoms with Gasteiger partial charge in [0.1, 0.15) is 96.7 Å². The number of methoxy groups -OCH3 is 3. The van der Waals surface area contributed by atoms with E-state index < -0.39 is 206 Å². The lowest BCUT2D eigenvalue weighted by molar-refractivity contribution is -0.385. The van der Waals surface area contributed by atoms with Gasteiger partial charge in [0.2, 0.25) is 0 Å². The van der Waals surface area contributed by atoms with Crippen molar-refractivity contribution in [2.45, 2.75) is 282 Å². The quantitative estimate of drug-likeness (QED) is 0.0458. The predicted molar refractivity (Wildman–Crippen MR) is 309 cm³/mol. The third-order valence-corrected chi connectivity index (χ3v) is 22.4. The molecule has 27 heteroatoms. The first-order chi connectivity index (χ1) is 42.6. The van der Waals surface area contributed by atoms with E-state index in [0.29, 0.717) is 32.1 Å². The van der Waals surface area contributed by atoms with Gasteiger partial charge < -0.3 is 128 Å². The molecule has 1 aromatic carbocycles. The van der Waals surface area contributed by atoms with Gasteiger partial charge in [-0.3, -0.25) is 0 Å². The Morgan fingerprint density at radius 1 is 0.600 bits per heavy atom. The first-order valence-electron chi connectivity index (χ1n) is 31.9. The largest absolute Gasteiger partial charge is 0.458 e. The molecule has 0 aromatic heterocycles. The molecule has 12 N–H and O–H groups in total. The Labute approximate surface area is 524 Å². The maximum Gasteiger partial charge on any atom is 0.331 e. The molecule has 0 spiro atoms. The zero-order chi connectivity index (χ0) is 65.2. The Balaban J connectivity index is 0.729. The second-order valence-corrected chi connectivity index (χ2v) is 27.1. The normalized spacial score (nSPS) is 51.0. The molecule has 5 aliphatic heterocycles. The lowest BCUT2D eigenvalue weighted by atomic mass is 9.40. The van der Waals surface area contributed by atoms with Crippen LogP contribution >= 0.6 is 0 Å². The molecule has 33 atom stereocenters. The van der Waals surface area contributed by atoms with Crippen LogP contribution in [-0.2, 0) is 71.1 Å². The molecule has 27 nitrogen and oxygen atoms in total. The molecule has 5 heterocycles. The number of aliphatic hydroxyl groups excluding tert-OH is 9. The van der Waals surface area contributed by atoms with Crippen LogP contribution in [0.15, 0.2) is 36.4 Å². The fourth-order valence-electron chi connectivity index (χ4n) is 17.1. The van der Waals surface area contributed by atoms with E-state index in [1.54, 1.807) is 34.0 Å². The van der Waals surface area contributed by atoms with Crippen molar-refractivity contribution in [3.05, 3.63) is 42.0 Å². The van der Waals surface area contributed by atoms with E-state index in [1.165, 1.54) is 27.2 Å². The van der Waals surface area contributed by atoms with Crippen LogP contribution in [0, 0.1) is 22.7 Å². The maximum atomic E-state index is 13.7. The van der Waals surface area contributed by atoms with Crippen molar-refractivity contribution < 1.29 is 132 Å². The summed E-state index contributed by atoms with van der Waals surface area (Å²) in [7, 11) is 4.43. The average Bonchev–Trinajstić information content (AvgIpc) is 1.36. The zero-order valence-corrected chi connectivity index (χ0v) is 52.7. The van der Waals surface area contributed by atoms with Crippen molar-refractivity contribution in [1.29, 1.82) is 0 Å². The van der Waals surface area contributed by atoms with Crippen LogP contribution < -0.4 is 0 Å². The van der Waals surface area contributed by atoms with Gasteiger partial charge in [-0.2, -0.15) is 0 Å². The van der Waals surface area contributed by atoms with Gasteiger partial charge in [-0.1, -0.05) is 44.2 Å². The van der Waals surface area contributed by atoms with Crippen molar-refractivity contribution >= 4 is 12.0 Å². The Hall–Kier alpha value is -2.57. The molecule has 1 aromatic rings. The third kappa shape index (κ3) is 12.5. The highest BCUT2D eigenvalue weighted by Gasteiger charge is 2.81. The lowest BCUT2D eigenvalue weighted by Gasteiger charge is -2.69. The van der Waals surface area contributed by atoms with E-state index >= 15 is 0 Å². The molecule has 0 radical (unpaired) electrons. The summed E-state index contributed by atoms with van der Waals surface area (Å²) >= 11 is 0. The number of hydrogen-bond acceptors (Lipinski definition) is 27. The van der Waals surface area contributed by atoms with E-state index in [0.717, 1.165) is 5.56 Å². The van der Waals surface area contributed by atoms with E-state index in [4.69, 9.17) is 66.3 Å². The predicted octanol–water partition coefficient (Wildman–Crippen LogP) is -0.809. The van der Waals surface area contributed by atoms with Crippen LogP contribution in [0.5, 0.6) is 0 Å². The van der Waals surface area contributed by atoms with E-state index in [-0.39, 0.29) is 44.1 Å². The standard InChI is InChI=1S/C63H98O27/c1-29-51(87-44-25-37(78-8)52(30(2)81-44)88-58-50(73)55(79-9)53(31(3)82-58)89-57-49(72)47(70)54(39(28-65)85-57)90-56-48(71)46(69)45(68)38(27-64)84-56)36(77-7)24-43(80-29)83-35-18-19-59(5)34(23-35)17-20-62(75)40(59)26-41(86-42(67)16-15-33-13-11-10-12-14-33)60(6)61(74,32(4)66)21-22-63(60,62)76/h10-16,29-32,34-41,43-58,64-66,68-76H,17-28H2,1-9H3. The van der Waals surface area contributed by atoms with Crippen LogP contribution in [0.3, 0.4) is 0 Å². The van der Waals surface area contributed by atoms with Crippen molar-refractivity contribution in [3.63, 3.8) is 0 Å². The molecule has 9 fully saturated rings. The second-order valence-electron chi connectivity index (χ2n) is 27.1. The highest BCUT2D eigenvalue weighted by Crippen LogP contribution is 2.72. The summed E-state index contributed by atoms with van der Waals surface area (Å²) in [5.74, 6) is -1.15. The number of rotatable bonds is 19. The minimum atomic E-state index is -1.91. The lowest BCUT2D eigenvalue weighted by Crippen LogP contribution is -2.79. The molecule has 4 aliphatic carbocycles. The fraction of sp³-hybridized carbons (Fsp3) is 0.857. The van der Waals surface area contributed by atoms with Crippen molar-refractivity contribution in [2.24, 2.45) is 22.7 Å². The molecular weight excluding hydrogens is 1190 g/mol. The Kier molecular flexibility index (Phi) is 21.8. The second kappa shape index (κ2) is 27.9. The first-order valence-corrected chi connectivity index (χ1v) is 31.9. The molecular formula is C63H98O27. The van der Waals surface area contributed by atoms with E-state index in [9.17, 15) is 66.1 Å².